The fourth-order valence-corrected chi connectivity index (χ4v) is 2.25. The van der Waals surface area contributed by atoms with Gasteiger partial charge in [0.05, 0.1) is 18.5 Å². The number of benzene rings is 1. The van der Waals surface area contributed by atoms with Crippen molar-refractivity contribution in [2.45, 2.75) is 19.9 Å². The average Bonchev–Trinajstić information content (AvgIpc) is 2.50. The molecule has 0 saturated carbocycles. The Bertz CT molecular complexity index is 600. The van der Waals surface area contributed by atoms with Crippen LogP contribution in [0.4, 0.5) is 16.2 Å². The zero-order chi connectivity index (χ0) is 16.3. The van der Waals surface area contributed by atoms with Crippen molar-refractivity contribution in [1.29, 1.82) is 0 Å². The molecule has 1 aromatic rings. The predicted molar refractivity (Wildman–Crippen MR) is 81.6 cm³/mol. The number of hydrogen-bond donors (Lipinski definition) is 2. The fourth-order valence-electron chi connectivity index (χ4n) is 2.25. The molecule has 0 spiro atoms. The Morgan fingerprint density at radius 1 is 1.32 bits per heavy atom. The molecule has 0 aliphatic carbocycles. The number of esters is 1. The summed E-state index contributed by atoms with van der Waals surface area (Å²) in [5.41, 5.74) is 1.15. The maximum Gasteiger partial charge on any atom is 0.328 e. The second-order valence-corrected chi connectivity index (χ2v) is 5.35. The topological polar surface area (TPSA) is 87.7 Å². The van der Waals surface area contributed by atoms with Crippen molar-refractivity contribution in [3.8, 4) is 0 Å². The lowest BCUT2D eigenvalue weighted by Gasteiger charge is -2.31. The number of fused-ring (bicyclic) bond motifs is 1. The molecule has 1 atom stereocenters. The summed E-state index contributed by atoms with van der Waals surface area (Å²) in [6, 6.07) is 5.72. The summed E-state index contributed by atoms with van der Waals surface area (Å²) in [5, 5.41) is 5.33. The van der Waals surface area contributed by atoms with E-state index in [1.165, 1.54) is 12.0 Å². The summed E-state index contributed by atoms with van der Waals surface area (Å²) in [6.45, 7) is 3.51. The van der Waals surface area contributed by atoms with Crippen LogP contribution in [0.3, 0.4) is 0 Å². The van der Waals surface area contributed by atoms with Crippen LogP contribution >= 0.6 is 0 Å². The van der Waals surface area contributed by atoms with Gasteiger partial charge in [0.2, 0.25) is 5.91 Å². The quantitative estimate of drug-likeness (QED) is 0.825. The van der Waals surface area contributed by atoms with Crippen LogP contribution in [-0.2, 0) is 14.3 Å². The van der Waals surface area contributed by atoms with E-state index in [4.69, 9.17) is 4.74 Å². The molecule has 1 heterocycles. The Morgan fingerprint density at radius 2 is 2.00 bits per heavy atom. The number of para-hydroxylation sites is 2. The molecular weight excluding hydrogens is 286 g/mol. The molecule has 1 aromatic carbocycles. The smallest absolute Gasteiger partial charge is 0.328 e. The van der Waals surface area contributed by atoms with Gasteiger partial charge in [0.15, 0.2) is 0 Å². The number of nitrogens with zero attached hydrogens (tertiary/aromatic N) is 1. The third-order valence-corrected chi connectivity index (χ3v) is 3.42. The van der Waals surface area contributed by atoms with Crippen LogP contribution < -0.4 is 15.5 Å². The Kier molecular flexibility index (Phi) is 4.65. The Morgan fingerprint density at radius 3 is 2.64 bits per heavy atom. The number of urea groups is 1. The van der Waals surface area contributed by atoms with E-state index >= 15 is 0 Å². The van der Waals surface area contributed by atoms with Gasteiger partial charge in [-0.2, -0.15) is 0 Å². The molecule has 0 bridgehead atoms. The molecule has 2 rings (SSSR count). The fraction of sp³-hybridized carbons (Fsp3) is 0.400. The highest BCUT2D eigenvalue weighted by molar-refractivity contribution is 6.09. The van der Waals surface area contributed by atoms with Gasteiger partial charge < -0.3 is 15.4 Å². The minimum atomic E-state index is -0.769. The third kappa shape index (κ3) is 3.19. The molecule has 22 heavy (non-hydrogen) atoms. The highest BCUT2D eigenvalue weighted by Gasteiger charge is 2.31. The number of carbonyl (C=O) groups excluding carboxylic acids is 3. The van der Waals surface area contributed by atoms with Crippen LogP contribution in [0.25, 0.3) is 0 Å². The van der Waals surface area contributed by atoms with Gasteiger partial charge in [0.1, 0.15) is 12.6 Å². The van der Waals surface area contributed by atoms with E-state index in [1.807, 2.05) is 0 Å². The van der Waals surface area contributed by atoms with Crippen LogP contribution in [0.15, 0.2) is 24.3 Å². The van der Waals surface area contributed by atoms with Crippen LogP contribution in [-0.4, -0.2) is 37.6 Å². The van der Waals surface area contributed by atoms with Crippen molar-refractivity contribution in [3.05, 3.63) is 24.3 Å². The van der Waals surface area contributed by atoms with Crippen molar-refractivity contribution >= 4 is 29.3 Å². The SMILES string of the molecule is COC(=O)[C@@H](NC(=O)N1CC(=O)Nc2ccccc21)C(C)C. The molecule has 7 heteroatoms. The number of amides is 3. The second kappa shape index (κ2) is 6.46. The molecule has 0 saturated heterocycles. The summed E-state index contributed by atoms with van der Waals surface area (Å²) < 4.78 is 4.70. The third-order valence-electron chi connectivity index (χ3n) is 3.42. The lowest BCUT2D eigenvalue weighted by molar-refractivity contribution is -0.143. The zero-order valence-corrected chi connectivity index (χ0v) is 12.8. The van der Waals surface area contributed by atoms with Gasteiger partial charge >= 0.3 is 12.0 Å². The lowest BCUT2D eigenvalue weighted by Crippen LogP contribution is -2.53. The first-order valence-corrected chi connectivity index (χ1v) is 6.98. The van der Waals surface area contributed by atoms with Gasteiger partial charge in [-0.05, 0) is 18.1 Å². The van der Waals surface area contributed by atoms with E-state index < -0.39 is 18.0 Å². The molecule has 0 fully saturated rings. The minimum Gasteiger partial charge on any atom is -0.467 e. The van der Waals surface area contributed by atoms with E-state index in [-0.39, 0.29) is 18.4 Å². The number of hydrogen-bond acceptors (Lipinski definition) is 4. The lowest BCUT2D eigenvalue weighted by atomic mass is 10.1. The molecule has 0 radical (unpaired) electrons. The number of carbonyl (C=O) groups is 3. The summed E-state index contributed by atoms with van der Waals surface area (Å²) >= 11 is 0. The monoisotopic (exact) mass is 305 g/mol. The maximum absolute atomic E-state index is 12.5. The van der Waals surface area contributed by atoms with E-state index in [9.17, 15) is 14.4 Å². The van der Waals surface area contributed by atoms with E-state index in [0.717, 1.165) is 0 Å². The van der Waals surface area contributed by atoms with E-state index in [1.54, 1.807) is 38.1 Å². The molecule has 1 aliphatic heterocycles. The minimum absolute atomic E-state index is 0.102. The molecule has 0 unspecified atom stereocenters. The predicted octanol–water partition coefficient (Wildman–Crippen LogP) is 1.35. The first kappa shape index (κ1) is 15.8. The number of rotatable bonds is 3. The van der Waals surface area contributed by atoms with Crippen molar-refractivity contribution in [2.75, 3.05) is 23.9 Å². The molecular formula is C15H19N3O4. The molecule has 1 aliphatic rings. The molecule has 118 valence electrons. The Hall–Kier alpha value is -2.57. The summed E-state index contributed by atoms with van der Waals surface area (Å²) in [5.74, 6) is -0.934. The number of anilines is 2. The Balaban J connectivity index is 2.22. The van der Waals surface area contributed by atoms with Crippen molar-refractivity contribution in [2.24, 2.45) is 5.92 Å². The first-order valence-electron chi connectivity index (χ1n) is 6.98. The standard InChI is InChI=1S/C15H19N3O4/c1-9(2)13(14(20)22-3)17-15(21)18-8-12(19)16-10-6-4-5-7-11(10)18/h4-7,9,13H,8H2,1-3H3,(H,16,19)(H,17,21)/t13-/m0/s1. The molecule has 7 nitrogen and oxygen atoms in total. The summed E-state index contributed by atoms with van der Waals surface area (Å²) in [4.78, 5) is 37.3. The van der Waals surface area contributed by atoms with Crippen molar-refractivity contribution < 1.29 is 19.1 Å². The van der Waals surface area contributed by atoms with Gasteiger partial charge in [0, 0.05) is 0 Å². The first-order chi connectivity index (χ1) is 10.4. The largest absolute Gasteiger partial charge is 0.467 e. The molecule has 3 amide bonds. The van der Waals surface area contributed by atoms with Gasteiger partial charge in [0.25, 0.3) is 0 Å². The second-order valence-electron chi connectivity index (χ2n) is 5.35. The normalized spacial score (nSPS) is 14.9. The van der Waals surface area contributed by atoms with Crippen LogP contribution in [0, 0.1) is 5.92 Å². The number of nitrogens with one attached hydrogen (secondary N) is 2. The molecule has 0 aromatic heterocycles. The number of ether oxygens (including phenoxy) is 1. The highest BCUT2D eigenvalue weighted by Crippen LogP contribution is 2.28. The van der Waals surface area contributed by atoms with Crippen LogP contribution in [0.5, 0.6) is 0 Å². The van der Waals surface area contributed by atoms with E-state index in [2.05, 4.69) is 10.6 Å². The van der Waals surface area contributed by atoms with Gasteiger partial charge in [-0.15, -0.1) is 0 Å². The van der Waals surface area contributed by atoms with Crippen molar-refractivity contribution in [1.82, 2.24) is 5.32 Å². The average molecular weight is 305 g/mol. The van der Waals surface area contributed by atoms with Crippen LogP contribution in [0.1, 0.15) is 13.8 Å². The highest BCUT2D eigenvalue weighted by atomic mass is 16.5. The van der Waals surface area contributed by atoms with Crippen molar-refractivity contribution in [3.63, 3.8) is 0 Å². The Labute approximate surface area is 128 Å². The van der Waals surface area contributed by atoms with E-state index in [0.29, 0.717) is 11.4 Å². The summed E-state index contributed by atoms with van der Waals surface area (Å²) in [6.07, 6.45) is 0. The van der Waals surface area contributed by atoms with Gasteiger partial charge in [-0.1, -0.05) is 26.0 Å². The molecule has 2 N–H and O–H groups in total. The number of methoxy groups -OCH3 is 1. The summed E-state index contributed by atoms with van der Waals surface area (Å²) in [7, 11) is 1.27. The zero-order valence-electron chi connectivity index (χ0n) is 12.8. The van der Waals surface area contributed by atoms with Gasteiger partial charge in [-0.3, -0.25) is 9.69 Å². The van der Waals surface area contributed by atoms with Crippen LogP contribution in [0.2, 0.25) is 0 Å². The van der Waals surface area contributed by atoms with Gasteiger partial charge in [-0.25, -0.2) is 9.59 Å². The maximum atomic E-state index is 12.5.